The summed E-state index contributed by atoms with van der Waals surface area (Å²) in [6, 6.07) is 1.01. The first-order valence-corrected chi connectivity index (χ1v) is 8.26. The first-order valence-electron chi connectivity index (χ1n) is 6.01. The van der Waals surface area contributed by atoms with Gasteiger partial charge < -0.3 is 10.8 Å². The number of nitrogens with two attached hydrogens (primary N) is 1. The summed E-state index contributed by atoms with van der Waals surface area (Å²) < 4.78 is 25.9. The highest BCUT2D eigenvalue weighted by molar-refractivity contribution is 7.91. The van der Waals surface area contributed by atoms with Gasteiger partial charge >= 0.3 is 5.69 Å². The molecule has 8 nitrogen and oxygen atoms in total. The molecule has 20 heavy (non-hydrogen) atoms. The van der Waals surface area contributed by atoms with Crippen LogP contribution in [0, 0.1) is 16.0 Å². The predicted molar refractivity (Wildman–Crippen MR) is 74.0 cm³/mol. The molecule has 1 aromatic heterocycles. The first kappa shape index (κ1) is 15.2. The lowest BCUT2D eigenvalue weighted by Crippen LogP contribution is -2.38. The molecule has 2 heterocycles. The summed E-state index contributed by atoms with van der Waals surface area (Å²) in [4.78, 5) is 10.0. The molecule has 1 aliphatic heterocycles. The number of anilines is 1. The van der Waals surface area contributed by atoms with E-state index in [-0.39, 0.29) is 27.4 Å². The summed E-state index contributed by atoms with van der Waals surface area (Å²) in [5.41, 5.74) is 5.10. The number of piperidine rings is 1. The lowest BCUT2D eigenvalue weighted by Gasteiger charge is -2.29. The number of rotatable bonds is 4. The van der Waals surface area contributed by atoms with Crippen molar-refractivity contribution in [2.75, 3.05) is 25.4 Å². The van der Waals surface area contributed by atoms with Crippen LogP contribution in [0.25, 0.3) is 0 Å². The Hall–Kier alpha value is -1.23. The summed E-state index contributed by atoms with van der Waals surface area (Å²) in [6.45, 7) is 0.656. The van der Waals surface area contributed by atoms with E-state index in [1.165, 1.54) is 4.31 Å². The smallest absolute Gasteiger partial charge is 0.304 e. The maximum absolute atomic E-state index is 12.4. The third kappa shape index (κ3) is 2.77. The number of aliphatic hydroxyl groups is 1. The van der Waals surface area contributed by atoms with Crippen molar-refractivity contribution in [2.45, 2.75) is 17.1 Å². The Morgan fingerprint density at radius 2 is 2.10 bits per heavy atom. The van der Waals surface area contributed by atoms with Crippen LogP contribution in [0.1, 0.15) is 12.8 Å². The van der Waals surface area contributed by atoms with Crippen molar-refractivity contribution in [1.29, 1.82) is 0 Å². The van der Waals surface area contributed by atoms with Crippen LogP contribution in [0.4, 0.5) is 10.7 Å². The largest absolute Gasteiger partial charge is 0.396 e. The fraction of sp³-hybridized carbons (Fsp3) is 0.600. The fourth-order valence-corrected chi connectivity index (χ4v) is 4.94. The zero-order valence-corrected chi connectivity index (χ0v) is 12.2. The van der Waals surface area contributed by atoms with Crippen molar-refractivity contribution in [1.82, 2.24) is 4.31 Å². The standard InChI is InChI=1S/C10H15N3O5S2/c11-10-8(13(15)16)5-9(19-10)20(17,18)12-3-1-7(6-14)2-4-12/h5,7,14H,1-4,6,11H2. The van der Waals surface area contributed by atoms with E-state index in [0.717, 1.165) is 6.07 Å². The van der Waals surface area contributed by atoms with Crippen molar-refractivity contribution in [3.8, 4) is 0 Å². The second-order valence-electron chi connectivity index (χ2n) is 4.60. The lowest BCUT2D eigenvalue weighted by atomic mass is 10.00. The van der Waals surface area contributed by atoms with E-state index in [2.05, 4.69) is 0 Å². The molecule has 0 amide bonds. The van der Waals surface area contributed by atoms with Crippen LogP contribution >= 0.6 is 11.3 Å². The lowest BCUT2D eigenvalue weighted by molar-refractivity contribution is -0.383. The average molecular weight is 321 g/mol. The Morgan fingerprint density at radius 3 is 2.55 bits per heavy atom. The molecule has 0 aromatic carbocycles. The minimum Gasteiger partial charge on any atom is -0.396 e. The van der Waals surface area contributed by atoms with Crippen molar-refractivity contribution in [2.24, 2.45) is 5.92 Å². The molecule has 0 unspecified atom stereocenters. The van der Waals surface area contributed by atoms with Gasteiger partial charge in [-0.1, -0.05) is 11.3 Å². The maximum atomic E-state index is 12.4. The first-order chi connectivity index (χ1) is 9.36. The van der Waals surface area contributed by atoms with Crippen LogP contribution < -0.4 is 5.73 Å². The molecule has 10 heteroatoms. The molecule has 0 saturated carbocycles. The molecule has 0 spiro atoms. The highest BCUT2D eigenvalue weighted by atomic mass is 32.2. The molecule has 1 fully saturated rings. The van der Waals surface area contributed by atoms with E-state index < -0.39 is 14.9 Å². The van der Waals surface area contributed by atoms with Crippen LogP contribution in [0.3, 0.4) is 0 Å². The van der Waals surface area contributed by atoms with Crippen molar-refractivity contribution in [3.63, 3.8) is 0 Å². The second kappa shape index (κ2) is 5.64. The van der Waals surface area contributed by atoms with E-state index in [9.17, 15) is 18.5 Å². The monoisotopic (exact) mass is 321 g/mol. The van der Waals surface area contributed by atoms with Gasteiger partial charge in [-0.2, -0.15) is 4.31 Å². The average Bonchev–Trinajstić information content (AvgIpc) is 2.82. The number of aliphatic hydroxyl groups excluding tert-OH is 1. The van der Waals surface area contributed by atoms with Gasteiger partial charge in [-0.3, -0.25) is 10.1 Å². The number of nitrogen functional groups attached to an aromatic ring is 1. The maximum Gasteiger partial charge on any atom is 0.304 e. The van der Waals surface area contributed by atoms with Crippen LogP contribution in [0.5, 0.6) is 0 Å². The topological polar surface area (TPSA) is 127 Å². The van der Waals surface area contributed by atoms with E-state index in [1.54, 1.807) is 0 Å². The van der Waals surface area contributed by atoms with Gasteiger partial charge in [0.15, 0.2) is 5.00 Å². The quantitative estimate of drug-likeness (QED) is 0.618. The fourth-order valence-electron chi connectivity index (χ4n) is 2.10. The summed E-state index contributed by atoms with van der Waals surface area (Å²) in [7, 11) is -3.74. The number of hydrogen-bond donors (Lipinski definition) is 2. The van der Waals surface area contributed by atoms with E-state index in [4.69, 9.17) is 10.8 Å². The summed E-state index contributed by atoms with van der Waals surface area (Å²) in [5.74, 6) is 0.115. The number of nitrogens with zero attached hydrogens (tertiary/aromatic N) is 2. The number of nitro groups is 1. The zero-order valence-electron chi connectivity index (χ0n) is 10.6. The third-order valence-electron chi connectivity index (χ3n) is 3.34. The van der Waals surface area contributed by atoms with Gasteiger partial charge in [-0.05, 0) is 18.8 Å². The SMILES string of the molecule is Nc1sc(S(=O)(=O)N2CCC(CO)CC2)cc1[N+](=O)[O-]. The number of hydrogen-bond acceptors (Lipinski definition) is 7. The molecule has 112 valence electrons. The van der Waals surface area contributed by atoms with Crippen LogP contribution in [0.2, 0.25) is 0 Å². The molecule has 2 rings (SSSR count). The molecule has 0 radical (unpaired) electrons. The molecular weight excluding hydrogens is 306 g/mol. The van der Waals surface area contributed by atoms with Crippen LogP contribution in [-0.4, -0.2) is 42.4 Å². The minimum absolute atomic E-state index is 0.0469. The minimum atomic E-state index is -3.74. The van der Waals surface area contributed by atoms with Gasteiger partial charge in [0.25, 0.3) is 10.0 Å². The Kier molecular flexibility index (Phi) is 4.28. The summed E-state index contributed by atoms with van der Waals surface area (Å²) >= 11 is 0.707. The van der Waals surface area contributed by atoms with Crippen molar-refractivity contribution >= 4 is 32.0 Å². The van der Waals surface area contributed by atoms with Crippen molar-refractivity contribution < 1.29 is 18.4 Å². The van der Waals surface area contributed by atoms with E-state index in [0.29, 0.717) is 37.3 Å². The van der Waals surface area contributed by atoms with E-state index >= 15 is 0 Å². The molecule has 0 atom stereocenters. The van der Waals surface area contributed by atoms with Gasteiger partial charge in [-0.25, -0.2) is 8.42 Å². The van der Waals surface area contributed by atoms with Gasteiger partial charge in [-0.15, -0.1) is 0 Å². The Bertz CT molecular complexity index is 604. The summed E-state index contributed by atoms with van der Waals surface area (Å²) in [6.07, 6.45) is 1.16. The Balaban J connectivity index is 2.23. The number of thiophene rings is 1. The Morgan fingerprint density at radius 1 is 1.50 bits per heavy atom. The third-order valence-corrected chi connectivity index (χ3v) is 6.64. The highest BCUT2D eigenvalue weighted by Crippen LogP contribution is 2.36. The molecule has 1 aliphatic rings. The molecule has 3 N–H and O–H groups in total. The Labute approximate surface area is 120 Å². The normalized spacial score (nSPS) is 18.2. The van der Waals surface area contributed by atoms with Gasteiger partial charge in [0.2, 0.25) is 0 Å². The van der Waals surface area contributed by atoms with Crippen LogP contribution in [0.15, 0.2) is 10.3 Å². The van der Waals surface area contributed by atoms with Crippen LogP contribution in [-0.2, 0) is 10.0 Å². The molecule has 1 aromatic rings. The predicted octanol–water partition coefficient (Wildman–Crippen LogP) is 0.631. The molecule has 0 aliphatic carbocycles. The van der Waals surface area contributed by atoms with E-state index in [1.807, 2.05) is 0 Å². The highest BCUT2D eigenvalue weighted by Gasteiger charge is 2.32. The second-order valence-corrected chi connectivity index (χ2v) is 7.85. The van der Waals surface area contributed by atoms with Gasteiger partial charge in [0.1, 0.15) is 4.21 Å². The number of sulfonamides is 1. The molecule has 1 saturated heterocycles. The van der Waals surface area contributed by atoms with Gasteiger partial charge in [0.05, 0.1) is 4.92 Å². The van der Waals surface area contributed by atoms with Gasteiger partial charge in [0, 0.05) is 25.8 Å². The molecular formula is C10H15N3O5S2. The summed E-state index contributed by atoms with van der Waals surface area (Å²) in [5, 5.41) is 19.6. The van der Waals surface area contributed by atoms with Crippen molar-refractivity contribution in [3.05, 3.63) is 16.2 Å². The molecule has 0 bridgehead atoms. The zero-order chi connectivity index (χ0) is 14.9.